The second-order valence-electron chi connectivity index (χ2n) is 8.55. The van der Waals surface area contributed by atoms with E-state index < -0.39 is 9.84 Å². The van der Waals surface area contributed by atoms with E-state index in [1.165, 1.54) is 7.11 Å². The zero-order valence-corrected chi connectivity index (χ0v) is 23.2. The number of aromatic nitrogens is 2. The van der Waals surface area contributed by atoms with Gasteiger partial charge >= 0.3 is 0 Å². The van der Waals surface area contributed by atoms with Gasteiger partial charge in [-0.05, 0) is 42.3 Å². The normalized spacial score (nSPS) is 11.4. The van der Waals surface area contributed by atoms with E-state index in [0.717, 1.165) is 10.9 Å². The molecule has 0 atom stereocenters. The van der Waals surface area contributed by atoms with Crippen molar-refractivity contribution in [3.63, 3.8) is 0 Å². The minimum absolute atomic E-state index is 0. The third kappa shape index (κ3) is 5.31. The molecule has 0 unspecified atom stereocenters. The number of ether oxygens (including phenoxy) is 2. The lowest BCUT2D eigenvalue weighted by atomic mass is 10.1. The maximum atomic E-state index is 14.2. The third-order valence-corrected chi connectivity index (χ3v) is 8.09. The number of sulfone groups is 1. The molecule has 0 saturated carbocycles. The number of rotatable bonds is 9. The molecule has 5 rings (SSSR count). The second kappa shape index (κ2) is 11.6. The van der Waals surface area contributed by atoms with E-state index in [1.54, 1.807) is 41.1 Å². The van der Waals surface area contributed by atoms with Crippen molar-refractivity contribution in [2.75, 3.05) is 27.3 Å². The lowest BCUT2D eigenvalue weighted by Gasteiger charge is -2.12. The maximum Gasteiger partial charge on any atom is 0.226 e. The Balaban J connectivity index is 0.00000336. The summed E-state index contributed by atoms with van der Waals surface area (Å²) in [6.07, 6.45) is 0. The van der Waals surface area contributed by atoms with Crippen LogP contribution in [0.2, 0.25) is 5.02 Å². The number of halogens is 2. The Morgan fingerprint density at radius 2 is 1.74 bits per heavy atom. The van der Waals surface area contributed by atoms with E-state index in [4.69, 9.17) is 21.1 Å². The summed E-state index contributed by atoms with van der Waals surface area (Å²) in [5, 5.41) is 10.1. The Morgan fingerprint density at radius 1 is 0.974 bits per heavy atom. The van der Waals surface area contributed by atoms with Crippen molar-refractivity contribution in [1.29, 1.82) is 0 Å². The van der Waals surface area contributed by atoms with Gasteiger partial charge in [-0.3, -0.25) is 4.68 Å². The number of hydrogen-bond acceptors (Lipinski definition) is 6. The molecule has 38 heavy (non-hydrogen) atoms. The zero-order chi connectivity index (χ0) is 26.0. The molecule has 0 aliphatic carbocycles. The second-order valence-corrected chi connectivity index (χ2v) is 10.8. The smallest absolute Gasteiger partial charge is 0.226 e. The summed E-state index contributed by atoms with van der Waals surface area (Å²) in [7, 11) is -0.649. The molecule has 0 saturated heterocycles. The van der Waals surface area contributed by atoms with Crippen LogP contribution in [-0.2, 0) is 16.4 Å². The molecule has 7 nitrogen and oxygen atoms in total. The van der Waals surface area contributed by atoms with Gasteiger partial charge in [0.05, 0.1) is 18.6 Å². The first-order valence-corrected chi connectivity index (χ1v) is 13.6. The average Bonchev–Trinajstić information content (AvgIpc) is 3.27. The summed E-state index contributed by atoms with van der Waals surface area (Å²) >= 11 is 6.22. The number of likely N-dealkylation sites (N-methyl/N-ethyl adjacent to an activating group) is 1. The monoisotopic (exact) mass is 571 g/mol. The minimum atomic E-state index is -4.02. The van der Waals surface area contributed by atoms with Crippen molar-refractivity contribution in [3.8, 4) is 11.5 Å². The highest BCUT2D eigenvalue weighted by Gasteiger charge is 2.29. The van der Waals surface area contributed by atoms with Crippen LogP contribution < -0.4 is 14.8 Å². The number of nitrogens with one attached hydrogen (secondary N) is 1. The van der Waals surface area contributed by atoms with Crippen molar-refractivity contribution in [2.24, 2.45) is 0 Å². The molecule has 198 valence electrons. The molecule has 0 fully saturated rings. The Hall–Kier alpha value is -3.30. The molecule has 0 bridgehead atoms. The molecule has 0 radical (unpaired) electrons. The van der Waals surface area contributed by atoms with Gasteiger partial charge in [0.25, 0.3) is 0 Å². The maximum absolute atomic E-state index is 14.2. The highest BCUT2D eigenvalue weighted by Crippen LogP contribution is 2.38. The predicted octanol–water partition coefficient (Wildman–Crippen LogP) is 5.75. The van der Waals surface area contributed by atoms with Crippen molar-refractivity contribution in [3.05, 3.63) is 89.4 Å². The first-order valence-electron chi connectivity index (χ1n) is 11.8. The molecule has 1 N–H and O–H groups in total. The van der Waals surface area contributed by atoms with Gasteiger partial charge in [0.1, 0.15) is 23.6 Å². The molecule has 0 aliphatic rings. The van der Waals surface area contributed by atoms with Gasteiger partial charge in [-0.2, -0.15) is 5.10 Å². The van der Waals surface area contributed by atoms with Crippen LogP contribution in [0.3, 0.4) is 0 Å². The van der Waals surface area contributed by atoms with E-state index in [-0.39, 0.29) is 22.3 Å². The number of hydrogen-bond donors (Lipinski definition) is 1. The molecule has 0 spiro atoms. The average molecular weight is 573 g/mol. The molecule has 0 aliphatic heterocycles. The van der Waals surface area contributed by atoms with Crippen LogP contribution >= 0.6 is 24.0 Å². The summed E-state index contributed by atoms with van der Waals surface area (Å²) in [5.74, 6) is 0.960. The van der Waals surface area contributed by atoms with Crippen LogP contribution in [0, 0.1) is 0 Å². The topological polar surface area (TPSA) is 82.4 Å². The fourth-order valence-corrected chi connectivity index (χ4v) is 6.18. The molecule has 10 heteroatoms. The van der Waals surface area contributed by atoms with Gasteiger partial charge in [0.15, 0.2) is 5.03 Å². The fraction of sp³-hybridized carbons (Fsp3) is 0.179. The predicted molar refractivity (Wildman–Crippen MR) is 153 cm³/mol. The van der Waals surface area contributed by atoms with Gasteiger partial charge in [0, 0.05) is 28.4 Å². The van der Waals surface area contributed by atoms with Crippen LogP contribution in [-0.4, -0.2) is 45.5 Å². The van der Waals surface area contributed by atoms with E-state index in [1.807, 2.05) is 49.5 Å². The standard InChI is InChI=1S/C28H26ClN3O4S.ClH/c1-30-13-14-36-25-17-22(35-2)16-24-27(25)32(18-19-7-5-10-21(29)15-19)31-28(24)37(33,34)26-12-6-9-20-8-3-4-11-23(20)26;/h3-12,15-17,30H,13-14,18H2,1-2H3;1H. The lowest BCUT2D eigenvalue weighted by molar-refractivity contribution is 0.318. The molecule has 1 aromatic heterocycles. The SMILES string of the molecule is CNCCOc1cc(OC)cc2c(S(=O)(=O)c3cccc4ccccc34)nn(Cc3cccc(Cl)c3)c12.Cl. The van der Waals surface area contributed by atoms with Gasteiger partial charge in [-0.25, -0.2) is 8.42 Å². The highest BCUT2D eigenvalue weighted by atomic mass is 35.5. The zero-order valence-electron chi connectivity index (χ0n) is 20.8. The first-order chi connectivity index (χ1) is 17.9. The van der Waals surface area contributed by atoms with Crippen molar-refractivity contribution in [1.82, 2.24) is 15.1 Å². The molecule has 1 heterocycles. The number of methoxy groups -OCH3 is 1. The van der Waals surface area contributed by atoms with Crippen molar-refractivity contribution >= 4 is 55.5 Å². The first kappa shape index (κ1) is 27.7. The van der Waals surface area contributed by atoms with Crippen LogP contribution in [0.4, 0.5) is 0 Å². The lowest BCUT2D eigenvalue weighted by Crippen LogP contribution is -2.16. The number of benzene rings is 4. The van der Waals surface area contributed by atoms with Gasteiger partial charge in [-0.1, -0.05) is 60.1 Å². The van der Waals surface area contributed by atoms with Crippen molar-refractivity contribution in [2.45, 2.75) is 16.5 Å². The summed E-state index contributed by atoms with van der Waals surface area (Å²) < 4.78 is 41.6. The number of fused-ring (bicyclic) bond motifs is 2. The Bertz CT molecular complexity index is 1700. The van der Waals surface area contributed by atoms with Crippen LogP contribution in [0.1, 0.15) is 5.56 Å². The largest absolute Gasteiger partial charge is 0.497 e. The minimum Gasteiger partial charge on any atom is -0.497 e. The van der Waals surface area contributed by atoms with Crippen LogP contribution in [0.25, 0.3) is 21.7 Å². The highest BCUT2D eigenvalue weighted by molar-refractivity contribution is 7.91. The third-order valence-electron chi connectivity index (χ3n) is 6.11. The molecule has 4 aromatic carbocycles. The Kier molecular flexibility index (Phi) is 8.47. The molecule has 0 amide bonds. The number of nitrogens with zero attached hydrogens (tertiary/aromatic N) is 2. The summed E-state index contributed by atoms with van der Waals surface area (Å²) in [4.78, 5) is 0.195. The molecular weight excluding hydrogens is 545 g/mol. The van der Waals surface area contributed by atoms with E-state index in [9.17, 15) is 8.42 Å². The van der Waals surface area contributed by atoms with Crippen molar-refractivity contribution < 1.29 is 17.9 Å². The summed E-state index contributed by atoms with van der Waals surface area (Å²) in [6.45, 7) is 1.30. The summed E-state index contributed by atoms with van der Waals surface area (Å²) in [5.41, 5.74) is 1.44. The molecular formula is C28H27Cl2N3O4S. The van der Waals surface area contributed by atoms with E-state index in [0.29, 0.717) is 52.5 Å². The van der Waals surface area contributed by atoms with Gasteiger partial charge in [0.2, 0.25) is 9.84 Å². The fourth-order valence-electron chi connectivity index (χ4n) is 4.37. The van der Waals surface area contributed by atoms with Gasteiger partial charge < -0.3 is 14.8 Å². The van der Waals surface area contributed by atoms with Crippen LogP contribution in [0.15, 0.2) is 88.8 Å². The van der Waals surface area contributed by atoms with Gasteiger partial charge in [-0.15, -0.1) is 12.4 Å². The van der Waals surface area contributed by atoms with E-state index in [2.05, 4.69) is 10.4 Å². The Morgan fingerprint density at radius 3 is 2.50 bits per heavy atom. The van der Waals surface area contributed by atoms with E-state index >= 15 is 0 Å². The quantitative estimate of drug-likeness (QED) is 0.227. The summed E-state index contributed by atoms with van der Waals surface area (Å²) in [6, 6.07) is 23.5. The van der Waals surface area contributed by atoms with Crippen LogP contribution in [0.5, 0.6) is 11.5 Å². The molecule has 5 aromatic rings. The Labute approximate surface area is 232 Å².